The quantitative estimate of drug-likeness (QED) is 0.869. The zero-order valence-electron chi connectivity index (χ0n) is 10.9. The minimum absolute atomic E-state index is 0.0111. The van der Waals surface area contributed by atoms with E-state index in [0.29, 0.717) is 12.4 Å². The van der Waals surface area contributed by atoms with Gasteiger partial charge in [-0.3, -0.25) is 4.79 Å². The Labute approximate surface area is 121 Å². The van der Waals surface area contributed by atoms with E-state index in [1.165, 1.54) is 11.3 Å². The van der Waals surface area contributed by atoms with Crippen molar-refractivity contribution < 1.29 is 9.53 Å². The molecule has 6 heteroatoms. The number of piperidine rings is 1. The highest BCUT2D eigenvalue weighted by Crippen LogP contribution is 2.18. The van der Waals surface area contributed by atoms with Gasteiger partial charge in [0, 0.05) is 24.2 Å². The first kappa shape index (κ1) is 13.1. The molecule has 0 N–H and O–H groups in total. The highest BCUT2D eigenvalue weighted by molar-refractivity contribution is 7.08. The number of carbonyl (C=O) groups excluding carboxylic acids is 1. The Morgan fingerprint density at radius 1 is 1.45 bits per heavy atom. The van der Waals surface area contributed by atoms with Gasteiger partial charge in [-0.25, -0.2) is 0 Å². The summed E-state index contributed by atoms with van der Waals surface area (Å²) in [6.07, 6.45) is 3.48. The average molecular weight is 289 g/mol. The molecule has 2 aromatic heterocycles. The van der Waals surface area contributed by atoms with Crippen LogP contribution in [0, 0.1) is 0 Å². The van der Waals surface area contributed by atoms with Crippen molar-refractivity contribution in [2.24, 2.45) is 0 Å². The summed E-state index contributed by atoms with van der Waals surface area (Å²) in [6, 6.07) is 5.44. The summed E-state index contributed by atoms with van der Waals surface area (Å²) >= 11 is 1.54. The second kappa shape index (κ2) is 6.00. The lowest BCUT2D eigenvalue weighted by molar-refractivity contribution is 0.0526. The standard InChI is InChI=1S/C14H15N3O2S/c18-14(11-5-8-20-10-11)17-7-2-3-12(9-17)19-13-4-1-6-15-16-13/h1,4-6,8,10,12H,2-3,7,9H2. The molecule has 0 saturated carbocycles. The van der Waals surface area contributed by atoms with Crippen molar-refractivity contribution in [1.29, 1.82) is 0 Å². The number of hydrogen-bond donors (Lipinski definition) is 0. The van der Waals surface area contributed by atoms with Crippen LogP contribution in [-0.4, -0.2) is 40.2 Å². The third kappa shape index (κ3) is 2.96. The molecule has 1 aliphatic heterocycles. The molecule has 0 spiro atoms. The Morgan fingerprint density at radius 2 is 2.40 bits per heavy atom. The fourth-order valence-corrected chi connectivity index (χ4v) is 2.94. The van der Waals surface area contributed by atoms with E-state index in [0.717, 1.165) is 24.9 Å². The van der Waals surface area contributed by atoms with Gasteiger partial charge in [-0.1, -0.05) is 0 Å². The van der Waals surface area contributed by atoms with E-state index in [1.807, 2.05) is 21.7 Å². The lowest BCUT2D eigenvalue weighted by Gasteiger charge is -2.32. The Kier molecular flexibility index (Phi) is 3.92. The number of carbonyl (C=O) groups is 1. The third-order valence-electron chi connectivity index (χ3n) is 3.27. The molecule has 1 atom stereocenters. The maximum atomic E-state index is 12.3. The molecule has 5 nitrogen and oxygen atoms in total. The second-order valence-corrected chi connectivity index (χ2v) is 5.49. The number of ether oxygens (including phenoxy) is 1. The van der Waals surface area contributed by atoms with Gasteiger partial charge in [0.15, 0.2) is 0 Å². The van der Waals surface area contributed by atoms with Crippen molar-refractivity contribution in [2.45, 2.75) is 18.9 Å². The summed E-state index contributed by atoms with van der Waals surface area (Å²) < 4.78 is 5.79. The van der Waals surface area contributed by atoms with E-state index in [-0.39, 0.29) is 12.0 Å². The molecule has 2 aromatic rings. The number of hydrogen-bond acceptors (Lipinski definition) is 5. The number of amides is 1. The van der Waals surface area contributed by atoms with Gasteiger partial charge in [-0.15, -0.1) is 5.10 Å². The molecule has 104 valence electrons. The predicted octanol–water partition coefficient (Wildman–Crippen LogP) is 2.22. The Bertz CT molecular complexity index is 559. The molecule has 0 aromatic carbocycles. The van der Waals surface area contributed by atoms with Crippen molar-refractivity contribution in [3.05, 3.63) is 40.7 Å². The van der Waals surface area contributed by atoms with Crippen molar-refractivity contribution >= 4 is 17.2 Å². The van der Waals surface area contributed by atoms with Crippen LogP contribution in [0.4, 0.5) is 0 Å². The molecule has 1 amide bonds. The van der Waals surface area contributed by atoms with Gasteiger partial charge in [0.25, 0.3) is 5.91 Å². The number of aromatic nitrogens is 2. The summed E-state index contributed by atoms with van der Waals surface area (Å²) in [4.78, 5) is 14.2. The van der Waals surface area contributed by atoms with Crippen LogP contribution in [0.25, 0.3) is 0 Å². The highest BCUT2D eigenvalue weighted by Gasteiger charge is 2.26. The monoisotopic (exact) mass is 289 g/mol. The molecule has 0 bridgehead atoms. The van der Waals surface area contributed by atoms with Crippen LogP contribution in [0.1, 0.15) is 23.2 Å². The normalized spacial score (nSPS) is 18.8. The summed E-state index contributed by atoms with van der Waals surface area (Å²) in [5, 5.41) is 11.5. The average Bonchev–Trinajstić information content (AvgIpc) is 3.02. The molecule has 0 aliphatic carbocycles. The molecule has 1 unspecified atom stereocenters. The van der Waals surface area contributed by atoms with E-state index in [4.69, 9.17) is 4.74 Å². The van der Waals surface area contributed by atoms with E-state index in [1.54, 1.807) is 18.3 Å². The van der Waals surface area contributed by atoms with Crippen LogP contribution in [0.3, 0.4) is 0 Å². The largest absolute Gasteiger partial charge is 0.471 e. The minimum atomic E-state index is -0.0111. The predicted molar refractivity (Wildman–Crippen MR) is 75.9 cm³/mol. The number of rotatable bonds is 3. The van der Waals surface area contributed by atoms with Crippen molar-refractivity contribution in [1.82, 2.24) is 15.1 Å². The number of thiophene rings is 1. The van der Waals surface area contributed by atoms with Crippen molar-refractivity contribution in [2.75, 3.05) is 13.1 Å². The SMILES string of the molecule is O=C(c1ccsc1)N1CCCC(Oc2cccnn2)C1. The topological polar surface area (TPSA) is 55.3 Å². The van der Waals surface area contributed by atoms with Crippen molar-refractivity contribution in [3.8, 4) is 5.88 Å². The van der Waals surface area contributed by atoms with E-state index in [9.17, 15) is 4.79 Å². The minimum Gasteiger partial charge on any atom is -0.471 e. The molecule has 20 heavy (non-hydrogen) atoms. The van der Waals surface area contributed by atoms with Gasteiger partial charge in [0.1, 0.15) is 6.10 Å². The maximum Gasteiger partial charge on any atom is 0.254 e. The van der Waals surface area contributed by atoms with E-state index >= 15 is 0 Å². The zero-order valence-corrected chi connectivity index (χ0v) is 11.8. The maximum absolute atomic E-state index is 12.3. The fraction of sp³-hybridized carbons (Fsp3) is 0.357. The molecular weight excluding hydrogens is 274 g/mol. The molecule has 3 heterocycles. The van der Waals surface area contributed by atoms with Crippen molar-refractivity contribution in [3.63, 3.8) is 0 Å². The third-order valence-corrected chi connectivity index (χ3v) is 3.95. The van der Waals surface area contributed by atoms with Gasteiger partial charge < -0.3 is 9.64 Å². The molecule has 1 saturated heterocycles. The summed E-state index contributed by atoms with van der Waals surface area (Å²) in [5.74, 6) is 0.598. The highest BCUT2D eigenvalue weighted by atomic mass is 32.1. The molecular formula is C14H15N3O2S. The van der Waals surface area contributed by atoms with Crippen LogP contribution in [0.5, 0.6) is 5.88 Å². The fourth-order valence-electron chi connectivity index (χ4n) is 2.31. The lowest BCUT2D eigenvalue weighted by Crippen LogP contribution is -2.44. The molecule has 0 radical (unpaired) electrons. The Hall–Kier alpha value is -1.95. The van der Waals surface area contributed by atoms with Crippen LogP contribution >= 0.6 is 11.3 Å². The van der Waals surface area contributed by atoms with Gasteiger partial charge >= 0.3 is 0 Å². The number of nitrogens with zero attached hydrogens (tertiary/aromatic N) is 3. The molecule has 1 aliphatic rings. The van der Waals surface area contributed by atoms with Gasteiger partial charge in [0.2, 0.25) is 5.88 Å². The first-order chi connectivity index (χ1) is 9.83. The van der Waals surface area contributed by atoms with Gasteiger partial charge in [-0.2, -0.15) is 16.4 Å². The number of likely N-dealkylation sites (tertiary alicyclic amines) is 1. The molecule has 3 rings (SSSR count). The van der Waals surface area contributed by atoms with Crippen LogP contribution in [-0.2, 0) is 0 Å². The van der Waals surface area contributed by atoms with Crippen LogP contribution in [0.2, 0.25) is 0 Å². The first-order valence-electron chi connectivity index (χ1n) is 6.59. The summed E-state index contributed by atoms with van der Waals surface area (Å²) in [5.41, 5.74) is 0.759. The van der Waals surface area contributed by atoms with Crippen LogP contribution < -0.4 is 4.74 Å². The van der Waals surface area contributed by atoms with Crippen LogP contribution in [0.15, 0.2) is 35.2 Å². The first-order valence-corrected chi connectivity index (χ1v) is 7.53. The summed E-state index contributed by atoms with van der Waals surface area (Å²) in [6.45, 7) is 1.39. The summed E-state index contributed by atoms with van der Waals surface area (Å²) in [7, 11) is 0. The zero-order chi connectivity index (χ0) is 13.8. The Balaban J connectivity index is 1.63. The van der Waals surface area contributed by atoms with Gasteiger partial charge in [-0.05, 0) is 30.4 Å². The van der Waals surface area contributed by atoms with Gasteiger partial charge in [0.05, 0.1) is 12.1 Å². The van der Waals surface area contributed by atoms with E-state index < -0.39 is 0 Å². The lowest BCUT2D eigenvalue weighted by atomic mass is 10.1. The molecule has 1 fully saturated rings. The second-order valence-electron chi connectivity index (χ2n) is 4.71. The smallest absolute Gasteiger partial charge is 0.254 e. The Morgan fingerprint density at radius 3 is 3.15 bits per heavy atom. The van der Waals surface area contributed by atoms with E-state index in [2.05, 4.69) is 10.2 Å².